The number of thiophene rings is 1. The number of esters is 1. The van der Waals surface area contributed by atoms with Gasteiger partial charge in [0.2, 0.25) is 0 Å². The van der Waals surface area contributed by atoms with Crippen LogP contribution in [0.1, 0.15) is 33.8 Å². The third kappa shape index (κ3) is 3.92. The van der Waals surface area contributed by atoms with Gasteiger partial charge in [0.15, 0.2) is 0 Å². The van der Waals surface area contributed by atoms with E-state index in [9.17, 15) is 20.0 Å². The van der Waals surface area contributed by atoms with Gasteiger partial charge in [-0.3, -0.25) is 10.1 Å². The maximum Gasteiger partial charge on any atom is 0.348 e. The molecule has 0 bridgehead atoms. The number of nitrogens with zero attached hydrogens (tertiary/aromatic N) is 3. The summed E-state index contributed by atoms with van der Waals surface area (Å²) in [5.74, 6) is 0.0927. The number of non-ortho nitro benzene ring substituents is 1. The number of nitro groups is 1. The van der Waals surface area contributed by atoms with Crippen molar-refractivity contribution in [2.24, 2.45) is 0 Å². The van der Waals surface area contributed by atoms with E-state index in [4.69, 9.17) is 4.74 Å². The first kappa shape index (κ1) is 19.6. The van der Waals surface area contributed by atoms with Gasteiger partial charge in [-0.15, -0.1) is 11.3 Å². The topological polar surface area (TPSA) is 127 Å². The van der Waals surface area contributed by atoms with Crippen LogP contribution >= 0.6 is 11.3 Å². The molecule has 0 saturated heterocycles. The number of aliphatic hydroxyl groups is 1. The van der Waals surface area contributed by atoms with Crippen molar-refractivity contribution in [1.82, 2.24) is 9.97 Å². The summed E-state index contributed by atoms with van der Waals surface area (Å²) >= 11 is 1.23. The maximum absolute atomic E-state index is 12.1. The van der Waals surface area contributed by atoms with E-state index in [1.165, 1.54) is 41.9 Å². The number of carbonyl (C=O) groups excluding carboxylic acids is 1. The Kier molecular flexibility index (Phi) is 5.81. The van der Waals surface area contributed by atoms with Crippen molar-refractivity contribution in [3.63, 3.8) is 0 Å². The molecule has 1 atom stereocenters. The molecule has 2 heterocycles. The summed E-state index contributed by atoms with van der Waals surface area (Å²) in [6.45, 7) is 3.96. The van der Waals surface area contributed by atoms with Gasteiger partial charge < -0.3 is 15.2 Å². The van der Waals surface area contributed by atoms with Gasteiger partial charge in [-0.25, -0.2) is 14.8 Å². The lowest BCUT2D eigenvalue weighted by Gasteiger charge is -2.13. The van der Waals surface area contributed by atoms with Crippen molar-refractivity contribution in [3.05, 3.63) is 56.7 Å². The Morgan fingerprint density at radius 2 is 2.07 bits per heavy atom. The van der Waals surface area contributed by atoms with Gasteiger partial charge in [0.1, 0.15) is 21.9 Å². The van der Waals surface area contributed by atoms with Crippen LogP contribution in [0.15, 0.2) is 30.6 Å². The summed E-state index contributed by atoms with van der Waals surface area (Å²) in [5.41, 5.74) is 1.21. The molecule has 0 spiro atoms. The number of ether oxygens (including phenoxy) is 1. The molecular weight excluding hydrogens is 384 g/mol. The molecule has 0 aliphatic rings. The molecule has 28 heavy (non-hydrogen) atoms. The van der Waals surface area contributed by atoms with Crippen LogP contribution in [0.2, 0.25) is 0 Å². The van der Waals surface area contributed by atoms with E-state index >= 15 is 0 Å². The smallest absolute Gasteiger partial charge is 0.348 e. The third-order valence-corrected chi connectivity index (χ3v) is 5.32. The lowest BCUT2D eigenvalue weighted by molar-refractivity contribution is -0.384. The van der Waals surface area contributed by atoms with Crippen LogP contribution in [-0.4, -0.2) is 39.1 Å². The van der Waals surface area contributed by atoms with E-state index in [2.05, 4.69) is 15.3 Å². The summed E-state index contributed by atoms with van der Waals surface area (Å²) in [6, 6.07) is 5.70. The molecule has 0 fully saturated rings. The average Bonchev–Trinajstić information content (AvgIpc) is 3.04. The molecule has 3 rings (SSSR count). The number of hydrogen-bond donors (Lipinski definition) is 2. The largest absolute Gasteiger partial charge is 0.462 e. The SMILES string of the molecule is CCOC(=O)c1sc2ncnc(NC[C@@H](O)c3ccc([N+](=O)[O-])cc3)c2c1C. The standard InChI is InChI=1S/C18H18N4O5S/c1-3-27-18(24)15-10(2)14-16(20-9-21-17(14)28-15)19-8-13(23)11-4-6-12(7-5-11)22(25)26/h4-7,9,13,23H,3,8H2,1-2H3,(H,19,20,21)/t13-/m1/s1. The molecule has 0 saturated carbocycles. The Bertz CT molecular complexity index is 1020. The van der Waals surface area contributed by atoms with Crippen molar-refractivity contribution in [1.29, 1.82) is 0 Å². The van der Waals surface area contributed by atoms with E-state index in [1.54, 1.807) is 13.8 Å². The number of aromatic nitrogens is 2. The Morgan fingerprint density at radius 1 is 1.36 bits per heavy atom. The highest BCUT2D eigenvalue weighted by Gasteiger charge is 2.20. The Morgan fingerprint density at radius 3 is 2.71 bits per heavy atom. The van der Waals surface area contributed by atoms with E-state index in [1.807, 2.05) is 0 Å². The first-order chi connectivity index (χ1) is 13.4. The minimum Gasteiger partial charge on any atom is -0.462 e. The molecule has 10 heteroatoms. The second-order valence-electron chi connectivity index (χ2n) is 5.92. The predicted molar refractivity (Wildman–Crippen MR) is 105 cm³/mol. The number of fused-ring (bicyclic) bond motifs is 1. The van der Waals surface area contributed by atoms with Gasteiger partial charge >= 0.3 is 5.97 Å². The molecule has 0 aliphatic heterocycles. The number of aryl methyl sites for hydroxylation is 1. The monoisotopic (exact) mass is 402 g/mol. The molecule has 3 aromatic rings. The first-order valence-corrected chi connectivity index (χ1v) is 9.31. The third-order valence-electron chi connectivity index (χ3n) is 4.14. The van der Waals surface area contributed by atoms with Crippen molar-refractivity contribution >= 4 is 39.0 Å². The number of hydrogen-bond acceptors (Lipinski definition) is 9. The minimum atomic E-state index is -0.894. The molecule has 2 N–H and O–H groups in total. The molecule has 0 aliphatic carbocycles. The Hall–Kier alpha value is -3.11. The number of nitrogens with one attached hydrogen (secondary N) is 1. The van der Waals surface area contributed by atoms with Crippen LogP contribution in [0.25, 0.3) is 10.2 Å². The average molecular weight is 402 g/mol. The first-order valence-electron chi connectivity index (χ1n) is 8.49. The van der Waals surface area contributed by atoms with Crippen LogP contribution in [0.5, 0.6) is 0 Å². The number of benzene rings is 1. The molecule has 0 radical (unpaired) electrons. The van der Waals surface area contributed by atoms with E-state index < -0.39 is 17.0 Å². The molecule has 0 amide bonds. The highest BCUT2D eigenvalue weighted by atomic mass is 32.1. The van der Waals surface area contributed by atoms with Gasteiger partial charge in [0.05, 0.1) is 23.0 Å². The quantitative estimate of drug-likeness (QED) is 0.350. The van der Waals surface area contributed by atoms with Gasteiger partial charge in [0, 0.05) is 18.7 Å². The Balaban J connectivity index is 1.80. The molecular formula is C18H18N4O5S. The highest BCUT2D eigenvalue weighted by molar-refractivity contribution is 7.20. The summed E-state index contributed by atoms with van der Waals surface area (Å²) in [7, 11) is 0. The second kappa shape index (κ2) is 8.28. The highest BCUT2D eigenvalue weighted by Crippen LogP contribution is 2.34. The second-order valence-corrected chi connectivity index (χ2v) is 6.92. The Labute approximate surface area is 164 Å². The van der Waals surface area contributed by atoms with Crippen molar-refractivity contribution in [3.8, 4) is 0 Å². The fraction of sp³-hybridized carbons (Fsp3) is 0.278. The number of carbonyl (C=O) groups is 1. The number of aliphatic hydroxyl groups excluding tert-OH is 1. The zero-order valence-electron chi connectivity index (χ0n) is 15.2. The summed E-state index contributed by atoms with van der Waals surface area (Å²) in [6.07, 6.45) is 0.489. The predicted octanol–water partition coefficient (Wildman–Crippen LogP) is 3.23. The van der Waals surface area contributed by atoms with Crippen LogP contribution in [-0.2, 0) is 4.74 Å². The molecule has 0 unspecified atom stereocenters. The van der Waals surface area contributed by atoms with Crippen molar-refractivity contribution in [2.45, 2.75) is 20.0 Å². The maximum atomic E-state index is 12.1. The van der Waals surface area contributed by atoms with Crippen LogP contribution in [0.3, 0.4) is 0 Å². The zero-order chi connectivity index (χ0) is 20.3. The van der Waals surface area contributed by atoms with Gasteiger partial charge in [-0.2, -0.15) is 0 Å². The van der Waals surface area contributed by atoms with E-state index in [-0.39, 0.29) is 18.8 Å². The summed E-state index contributed by atoms with van der Waals surface area (Å²) < 4.78 is 5.08. The van der Waals surface area contributed by atoms with Crippen molar-refractivity contribution in [2.75, 3.05) is 18.5 Å². The molecule has 9 nitrogen and oxygen atoms in total. The normalized spacial score (nSPS) is 12.0. The summed E-state index contributed by atoms with van der Waals surface area (Å²) in [5, 5.41) is 24.9. The van der Waals surface area contributed by atoms with Gasteiger partial charge in [0.25, 0.3) is 5.69 Å². The van der Waals surface area contributed by atoms with Gasteiger partial charge in [-0.05, 0) is 37.1 Å². The lowest BCUT2D eigenvalue weighted by atomic mass is 10.1. The lowest BCUT2D eigenvalue weighted by Crippen LogP contribution is -2.13. The number of anilines is 1. The fourth-order valence-electron chi connectivity index (χ4n) is 2.73. The van der Waals surface area contributed by atoms with Crippen LogP contribution < -0.4 is 5.32 Å². The van der Waals surface area contributed by atoms with E-state index in [0.717, 1.165) is 0 Å². The number of rotatable bonds is 7. The van der Waals surface area contributed by atoms with Crippen LogP contribution in [0.4, 0.5) is 11.5 Å². The van der Waals surface area contributed by atoms with Crippen LogP contribution in [0, 0.1) is 17.0 Å². The fourth-order valence-corrected chi connectivity index (χ4v) is 3.77. The van der Waals surface area contributed by atoms with Crippen molar-refractivity contribution < 1.29 is 19.6 Å². The van der Waals surface area contributed by atoms with Gasteiger partial charge in [-0.1, -0.05) is 0 Å². The zero-order valence-corrected chi connectivity index (χ0v) is 16.0. The molecule has 2 aromatic heterocycles. The molecule has 1 aromatic carbocycles. The summed E-state index contributed by atoms with van der Waals surface area (Å²) in [4.78, 5) is 31.9. The van der Waals surface area contributed by atoms with E-state index in [0.29, 0.717) is 32.0 Å². The number of nitro benzene ring substituents is 1. The minimum absolute atomic E-state index is 0.0400. The molecule has 146 valence electrons.